The molecule has 3 rings (SSSR count). The van der Waals surface area contributed by atoms with E-state index in [2.05, 4.69) is 34.2 Å². The van der Waals surface area contributed by atoms with Crippen LogP contribution in [0.3, 0.4) is 0 Å². The minimum atomic E-state index is -0.0147. The Hall–Kier alpha value is -2.24. The van der Waals surface area contributed by atoms with E-state index in [0.29, 0.717) is 18.2 Å². The van der Waals surface area contributed by atoms with Gasteiger partial charge in [0, 0.05) is 49.7 Å². The zero-order valence-electron chi connectivity index (χ0n) is 15.2. The highest BCUT2D eigenvalue weighted by atomic mass is 16.1. The fourth-order valence-electron chi connectivity index (χ4n) is 3.17. The number of hydrogen-bond acceptors (Lipinski definition) is 4. The molecule has 132 valence electrons. The summed E-state index contributed by atoms with van der Waals surface area (Å²) in [5, 5.41) is 3.07. The molecule has 5 nitrogen and oxygen atoms in total. The van der Waals surface area contributed by atoms with E-state index in [0.717, 1.165) is 36.5 Å². The molecule has 1 atom stereocenters. The smallest absolute Gasteiger partial charge is 0.251 e. The topological polar surface area (TPSA) is 48.5 Å². The van der Waals surface area contributed by atoms with Crippen molar-refractivity contribution in [3.05, 3.63) is 53.9 Å². The number of amides is 1. The average Bonchev–Trinajstić information content (AvgIpc) is 2.62. The number of benzene rings is 1. The number of rotatable bonds is 4. The maximum Gasteiger partial charge on any atom is 0.251 e. The highest BCUT2D eigenvalue weighted by Gasteiger charge is 2.22. The van der Waals surface area contributed by atoms with E-state index in [4.69, 9.17) is 0 Å². The molecule has 0 bridgehead atoms. The molecule has 1 amide bonds. The second kappa shape index (κ2) is 7.76. The van der Waals surface area contributed by atoms with Gasteiger partial charge in [-0.3, -0.25) is 14.7 Å². The summed E-state index contributed by atoms with van der Waals surface area (Å²) in [6.07, 6.45) is 1.81. The lowest BCUT2D eigenvalue weighted by atomic mass is 10.0. The van der Waals surface area contributed by atoms with Crippen LogP contribution in [0.15, 0.2) is 42.6 Å². The third-order valence-electron chi connectivity index (χ3n) is 4.86. The maximum atomic E-state index is 12.4. The molecule has 2 heterocycles. The van der Waals surface area contributed by atoms with Gasteiger partial charge in [-0.15, -0.1) is 0 Å². The Bertz CT molecular complexity index is 729. The number of aromatic nitrogens is 1. The first-order chi connectivity index (χ1) is 12.0. The number of nitrogens with zero attached hydrogens (tertiary/aromatic N) is 3. The maximum absolute atomic E-state index is 12.4. The quantitative estimate of drug-likeness (QED) is 0.927. The first kappa shape index (κ1) is 17.6. The van der Waals surface area contributed by atoms with Crippen LogP contribution in [0.5, 0.6) is 0 Å². The summed E-state index contributed by atoms with van der Waals surface area (Å²) in [6.45, 7) is 5.75. The van der Waals surface area contributed by atoms with Crippen LogP contribution in [-0.4, -0.2) is 67.0 Å². The molecule has 1 N–H and O–H groups in total. The van der Waals surface area contributed by atoms with E-state index in [1.165, 1.54) is 0 Å². The monoisotopic (exact) mass is 338 g/mol. The molecule has 1 saturated heterocycles. The highest BCUT2D eigenvalue weighted by Crippen LogP contribution is 2.20. The molecule has 1 aromatic carbocycles. The Morgan fingerprint density at radius 1 is 1.16 bits per heavy atom. The van der Waals surface area contributed by atoms with E-state index in [1.54, 1.807) is 0 Å². The van der Waals surface area contributed by atoms with E-state index in [-0.39, 0.29) is 5.91 Å². The molecule has 2 aromatic rings. The largest absolute Gasteiger partial charge is 0.350 e. The lowest BCUT2D eigenvalue weighted by Gasteiger charge is -2.37. The van der Waals surface area contributed by atoms with Crippen molar-refractivity contribution in [2.75, 3.05) is 40.3 Å². The van der Waals surface area contributed by atoms with Gasteiger partial charge in [-0.1, -0.05) is 12.1 Å². The molecule has 5 heteroatoms. The van der Waals surface area contributed by atoms with Crippen molar-refractivity contribution in [3.63, 3.8) is 0 Å². The van der Waals surface area contributed by atoms with Crippen molar-refractivity contribution in [1.82, 2.24) is 20.1 Å². The number of likely N-dealkylation sites (N-methyl/N-ethyl adjacent to an activating group) is 2. The Morgan fingerprint density at radius 3 is 2.64 bits per heavy atom. The predicted octanol–water partition coefficient (Wildman–Crippen LogP) is 2.03. The van der Waals surface area contributed by atoms with Crippen LogP contribution < -0.4 is 5.32 Å². The molecular formula is C20H26N4O. The number of carbonyl (C=O) groups is 1. The molecular weight excluding hydrogens is 312 g/mol. The fraction of sp³-hybridized carbons (Fsp3) is 0.400. The number of hydrogen-bond donors (Lipinski definition) is 1. The lowest BCUT2D eigenvalue weighted by Crippen LogP contribution is -2.54. The predicted molar refractivity (Wildman–Crippen MR) is 101 cm³/mol. The molecule has 0 saturated carbocycles. The minimum absolute atomic E-state index is 0.0147. The second-order valence-electron chi connectivity index (χ2n) is 6.87. The first-order valence-electron chi connectivity index (χ1n) is 8.73. The molecule has 1 aliphatic rings. The van der Waals surface area contributed by atoms with Crippen LogP contribution in [0.1, 0.15) is 16.1 Å². The van der Waals surface area contributed by atoms with Gasteiger partial charge in [-0.25, -0.2) is 0 Å². The van der Waals surface area contributed by atoms with Crippen molar-refractivity contribution < 1.29 is 4.79 Å². The summed E-state index contributed by atoms with van der Waals surface area (Å²) in [6, 6.07) is 12.1. The van der Waals surface area contributed by atoms with Gasteiger partial charge in [0.25, 0.3) is 5.91 Å². The Morgan fingerprint density at radius 2 is 1.92 bits per heavy atom. The second-order valence-corrected chi connectivity index (χ2v) is 6.87. The van der Waals surface area contributed by atoms with Crippen LogP contribution >= 0.6 is 0 Å². The molecule has 1 fully saturated rings. The number of carbonyl (C=O) groups excluding carboxylic acids is 1. The van der Waals surface area contributed by atoms with E-state index >= 15 is 0 Å². The molecule has 25 heavy (non-hydrogen) atoms. The average molecular weight is 338 g/mol. The highest BCUT2D eigenvalue weighted by molar-refractivity contribution is 5.94. The van der Waals surface area contributed by atoms with Crippen LogP contribution in [0, 0.1) is 6.92 Å². The van der Waals surface area contributed by atoms with Crippen LogP contribution in [-0.2, 0) is 0 Å². The molecule has 0 spiro atoms. The molecule has 0 radical (unpaired) electrons. The number of aryl methyl sites for hydroxylation is 1. The van der Waals surface area contributed by atoms with Crippen molar-refractivity contribution >= 4 is 5.91 Å². The molecule has 0 aliphatic carbocycles. The SMILES string of the molecule is Cc1cc(-c2ccc(C(=O)NCC3CN(C)CCN3C)cc2)ccn1. The van der Waals surface area contributed by atoms with Gasteiger partial charge in [0.1, 0.15) is 0 Å². The van der Waals surface area contributed by atoms with Crippen LogP contribution in [0.2, 0.25) is 0 Å². The minimum Gasteiger partial charge on any atom is -0.350 e. The summed E-state index contributed by atoms with van der Waals surface area (Å²) in [4.78, 5) is 21.3. The van der Waals surface area contributed by atoms with Crippen LogP contribution in [0.4, 0.5) is 0 Å². The number of nitrogens with one attached hydrogen (secondary N) is 1. The summed E-state index contributed by atoms with van der Waals surface area (Å²) >= 11 is 0. The number of piperazine rings is 1. The van der Waals surface area contributed by atoms with Gasteiger partial charge in [-0.05, 0) is 56.4 Å². The third kappa shape index (κ3) is 4.44. The van der Waals surface area contributed by atoms with Crippen molar-refractivity contribution in [2.24, 2.45) is 0 Å². The van der Waals surface area contributed by atoms with E-state index < -0.39 is 0 Å². The zero-order chi connectivity index (χ0) is 17.8. The van der Waals surface area contributed by atoms with E-state index in [9.17, 15) is 4.79 Å². The fourth-order valence-corrected chi connectivity index (χ4v) is 3.17. The van der Waals surface area contributed by atoms with Crippen molar-refractivity contribution in [3.8, 4) is 11.1 Å². The van der Waals surface area contributed by atoms with Crippen LogP contribution in [0.25, 0.3) is 11.1 Å². The summed E-state index contributed by atoms with van der Waals surface area (Å²) in [5.41, 5.74) is 3.89. The van der Waals surface area contributed by atoms with Crippen molar-refractivity contribution in [2.45, 2.75) is 13.0 Å². The normalized spacial score (nSPS) is 18.9. The first-order valence-corrected chi connectivity index (χ1v) is 8.73. The molecule has 1 aromatic heterocycles. The van der Waals surface area contributed by atoms with Gasteiger partial charge in [0.15, 0.2) is 0 Å². The van der Waals surface area contributed by atoms with E-state index in [1.807, 2.05) is 49.5 Å². The Balaban J connectivity index is 1.61. The summed E-state index contributed by atoms with van der Waals surface area (Å²) < 4.78 is 0. The molecule has 1 unspecified atom stereocenters. The summed E-state index contributed by atoms with van der Waals surface area (Å²) in [5.74, 6) is -0.0147. The van der Waals surface area contributed by atoms with Gasteiger partial charge in [0.2, 0.25) is 0 Å². The Labute approximate surface area is 149 Å². The molecule has 1 aliphatic heterocycles. The summed E-state index contributed by atoms with van der Waals surface area (Å²) in [7, 11) is 4.25. The van der Waals surface area contributed by atoms with Gasteiger partial charge < -0.3 is 10.2 Å². The van der Waals surface area contributed by atoms with Crippen molar-refractivity contribution in [1.29, 1.82) is 0 Å². The Kier molecular flexibility index (Phi) is 5.46. The van der Waals surface area contributed by atoms with Gasteiger partial charge in [-0.2, -0.15) is 0 Å². The van der Waals surface area contributed by atoms with Gasteiger partial charge >= 0.3 is 0 Å². The number of pyridine rings is 1. The standard InChI is InChI=1S/C20H26N4O/c1-15-12-18(8-9-21-15)16-4-6-17(7-5-16)20(25)22-13-19-14-23(2)10-11-24(19)3/h4-9,12,19H,10-11,13-14H2,1-3H3,(H,22,25). The zero-order valence-corrected chi connectivity index (χ0v) is 15.2. The third-order valence-corrected chi connectivity index (χ3v) is 4.86. The lowest BCUT2D eigenvalue weighted by molar-refractivity contribution is 0.0881. The van der Waals surface area contributed by atoms with Gasteiger partial charge in [0.05, 0.1) is 0 Å².